The normalized spacial score (nSPS) is 10.9. The molecule has 1 N–H and O–H groups in total. The van der Waals surface area contributed by atoms with Crippen molar-refractivity contribution in [1.29, 1.82) is 0 Å². The van der Waals surface area contributed by atoms with Crippen molar-refractivity contribution >= 4 is 24.4 Å². The Morgan fingerprint density at radius 1 is 1.17 bits per heavy atom. The summed E-state index contributed by atoms with van der Waals surface area (Å²) in [5, 5.41) is 4.36. The van der Waals surface area contributed by atoms with Crippen LogP contribution in [0, 0.1) is 4.77 Å². The zero-order valence-electron chi connectivity index (χ0n) is 13.0. The summed E-state index contributed by atoms with van der Waals surface area (Å²) < 4.78 is 6.78. The number of benzene rings is 2. The summed E-state index contributed by atoms with van der Waals surface area (Å²) in [7, 11) is 1.36. The van der Waals surface area contributed by atoms with Gasteiger partial charge in [-0.05, 0) is 35.5 Å². The lowest BCUT2D eigenvalue weighted by Gasteiger charge is -1.99. The summed E-state index contributed by atoms with van der Waals surface area (Å²) in [5.74, 6) is -0.362. The van der Waals surface area contributed by atoms with E-state index >= 15 is 0 Å². The number of nitrogens with one attached hydrogen (secondary N) is 1. The molecule has 0 aliphatic heterocycles. The maximum atomic E-state index is 11.4. The Hall–Kier alpha value is -2.99. The average molecular weight is 337 g/mol. The maximum absolute atomic E-state index is 11.4. The molecule has 3 rings (SSSR count). The molecule has 120 valence electrons. The number of aromatic nitrogens is 2. The molecule has 24 heavy (non-hydrogen) atoms. The average Bonchev–Trinajstić information content (AvgIpc) is 3.01. The number of carbonyl (C=O) groups excluding carboxylic acids is 1. The summed E-state index contributed by atoms with van der Waals surface area (Å²) in [6, 6.07) is 16.9. The summed E-state index contributed by atoms with van der Waals surface area (Å²) in [6.07, 6.45) is 3.52. The zero-order valence-corrected chi connectivity index (χ0v) is 13.8. The number of imidazole rings is 1. The summed E-state index contributed by atoms with van der Waals surface area (Å²) >= 11 is 5.29. The molecule has 3 aromatic rings. The first kappa shape index (κ1) is 15.9. The van der Waals surface area contributed by atoms with E-state index in [4.69, 9.17) is 12.2 Å². The van der Waals surface area contributed by atoms with Crippen LogP contribution in [0.2, 0.25) is 0 Å². The van der Waals surface area contributed by atoms with Crippen molar-refractivity contribution in [2.75, 3.05) is 7.11 Å². The third kappa shape index (κ3) is 3.49. The van der Waals surface area contributed by atoms with E-state index in [1.807, 2.05) is 36.5 Å². The van der Waals surface area contributed by atoms with Crippen LogP contribution in [-0.4, -0.2) is 29.0 Å². The molecule has 0 aliphatic rings. The van der Waals surface area contributed by atoms with Gasteiger partial charge in [-0.15, -0.1) is 0 Å². The van der Waals surface area contributed by atoms with Gasteiger partial charge in [0.25, 0.3) is 0 Å². The number of hydrogen-bond acceptors (Lipinski definition) is 4. The standard InChI is InChI=1S/C18H15N3O2S/c1-23-17(22)15-9-7-13(8-10-15)11-19-21-12-16(20-18(21)24)14-5-3-2-4-6-14/h2-12H,1H3,(H,20,24)/b19-11-. The zero-order chi connectivity index (χ0) is 16.9. The molecule has 1 heterocycles. The first-order valence-corrected chi connectivity index (χ1v) is 7.68. The second-order valence-electron chi connectivity index (χ2n) is 5.04. The number of esters is 1. The largest absolute Gasteiger partial charge is 0.465 e. The highest BCUT2D eigenvalue weighted by molar-refractivity contribution is 7.71. The Labute approximate surface area is 144 Å². The quantitative estimate of drug-likeness (QED) is 0.446. The predicted octanol–water partition coefficient (Wildman–Crippen LogP) is 3.88. The highest BCUT2D eigenvalue weighted by atomic mass is 32.1. The summed E-state index contributed by atoms with van der Waals surface area (Å²) in [5.41, 5.74) is 3.30. The lowest BCUT2D eigenvalue weighted by Crippen LogP contribution is -2.00. The van der Waals surface area contributed by atoms with Gasteiger partial charge in [-0.1, -0.05) is 42.5 Å². The van der Waals surface area contributed by atoms with Gasteiger partial charge in [0, 0.05) is 0 Å². The molecule has 0 aliphatic carbocycles. The maximum Gasteiger partial charge on any atom is 0.337 e. The fraction of sp³-hybridized carbons (Fsp3) is 0.0556. The van der Waals surface area contributed by atoms with E-state index in [0.717, 1.165) is 16.8 Å². The van der Waals surface area contributed by atoms with Gasteiger partial charge in [0.05, 0.1) is 30.8 Å². The molecular weight excluding hydrogens is 322 g/mol. The van der Waals surface area contributed by atoms with E-state index in [0.29, 0.717) is 10.3 Å². The van der Waals surface area contributed by atoms with Crippen molar-refractivity contribution in [3.05, 3.63) is 76.7 Å². The van der Waals surface area contributed by atoms with Crippen LogP contribution in [0.15, 0.2) is 65.9 Å². The smallest absolute Gasteiger partial charge is 0.337 e. The molecule has 0 atom stereocenters. The first-order chi connectivity index (χ1) is 11.7. The van der Waals surface area contributed by atoms with Crippen LogP contribution in [-0.2, 0) is 4.74 Å². The molecule has 6 heteroatoms. The van der Waals surface area contributed by atoms with E-state index < -0.39 is 0 Å². The van der Waals surface area contributed by atoms with E-state index in [2.05, 4.69) is 14.8 Å². The van der Waals surface area contributed by atoms with Gasteiger partial charge in [0.2, 0.25) is 0 Å². The summed E-state index contributed by atoms with van der Waals surface area (Å²) in [4.78, 5) is 14.5. The number of nitrogens with zero attached hydrogens (tertiary/aromatic N) is 2. The van der Waals surface area contributed by atoms with E-state index in [9.17, 15) is 4.79 Å². The Morgan fingerprint density at radius 2 is 1.88 bits per heavy atom. The highest BCUT2D eigenvalue weighted by Gasteiger charge is 2.04. The fourth-order valence-electron chi connectivity index (χ4n) is 2.19. The molecule has 0 radical (unpaired) electrons. The van der Waals surface area contributed by atoms with Crippen LogP contribution in [0.25, 0.3) is 11.3 Å². The highest BCUT2D eigenvalue weighted by Crippen LogP contribution is 2.16. The fourth-order valence-corrected chi connectivity index (χ4v) is 2.40. The van der Waals surface area contributed by atoms with Crippen molar-refractivity contribution in [3.8, 4) is 11.3 Å². The van der Waals surface area contributed by atoms with Gasteiger partial charge in [0.1, 0.15) is 0 Å². The van der Waals surface area contributed by atoms with Crippen molar-refractivity contribution in [1.82, 2.24) is 9.66 Å². The number of hydrogen-bond donors (Lipinski definition) is 1. The first-order valence-electron chi connectivity index (χ1n) is 7.27. The van der Waals surface area contributed by atoms with Crippen molar-refractivity contribution in [3.63, 3.8) is 0 Å². The Kier molecular flexibility index (Phi) is 4.67. The molecule has 1 aromatic heterocycles. The molecule has 0 saturated carbocycles. The van der Waals surface area contributed by atoms with Crippen LogP contribution in [0.4, 0.5) is 0 Å². The van der Waals surface area contributed by atoms with Crippen molar-refractivity contribution in [2.45, 2.75) is 0 Å². The van der Waals surface area contributed by atoms with E-state index in [1.165, 1.54) is 7.11 Å². The Balaban J connectivity index is 1.81. The van der Waals surface area contributed by atoms with E-state index in [-0.39, 0.29) is 5.97 Å². The monoisotopic (exact) mass is 337 g/mol. The van der Waals surface area contributed by atoms with Crippen LogP contribution in [0.5, 0.6) is 0 Å². The topological polar surface area (TPSA) is 59.4 Å². The number of H-pyrrole nitrogens is 1. The van der Waals surface area contributed by atoms with Crippen LogP contribution >= 0.6 is 12.2 Å². The molecule has 2 aromatic carbocycles. The molecule has 0 unspecified atom stereocenters. The number of aromatic amines is 1. The van der Waals surface area contributed by atoms with Crippen LogP contribution < -0.4 is 0 Å². The van der Waals surface area contributed by atoms with Gasteiger partial charge >= 0.3 is 5.97 Å². The second-order valence-corrected chi connectivity index (χ2v) is 5.43. The van der Waals surface area contributed by atoms with Crippen LogP contribution in [0.3, 0.4) is 0 Å². The molecule has 0 fully saturated rings. The Morgan fingerprint density at radius 3 is 2.54 bits per heavy atom. The molecule has 0 saturated heterocycles. The van der Waals surface area contributed by atoms with Gasteiger partial charge in [-0.3, -0.25) is 0 Å². The number of ether oxygens (including phenoxy) is 1. The molecule has 0 spiro atoms. The number of rotatable bonds is 4. The lowest BCUT2D eigenvalue weighted by molar-refractivity contribution is 0.0600. The van der Waals surface area contributed by atoms with E-state index in [1.54, 1.807) is 35.2 Å². The summed E-state index contributed by atoms with van der Waals surface area (Å²) in [6.45, 7) is 0. The SMILES string of the molecule is COC(=O)c1ccc(/C=N\n2cc(-c3ccccc3)[nH]c2=S)cc1. The minimum Gasteiger partial charge on any atom is -0.465 e. The lowest BCUT2D eigenvalue weighted by atomic mass is 10.1. The second kappa shape index (κ2) is 7.06. The van der Waals surface area contributed by atoms with Gasteiger partial charge in [-0.2, -0.15) is 5.10 Å². The minimum absolute atomic E-state index is 0.362. The van der Waals surface area contributed by atoms with Gasteiger partial charge in [0.15, 0.2) is 4.77 Å². The van der Waals surface area contributed by atoms with Crippen LogP contribution in [0.1, 0.15) is 15.9 Å². The molecule has 5 nitrogen and oxygen atoms in total. The van der Waals surface area contributed by atoms with Crippen molar-refractivity contribution < 1.29 is 9.53 Å². The van der Waals surface area contributed by atoms with Gasteiger partial charge in [-0.25, -0.2) is 9.47 Å². The minimum atomic E-state index is -0.362. The van der Waals surface area contributed by atoms with Gasteiger partial charge < -0.3 is 9.72 Å². The van der Waals surface area contributed by atoms with Crippen molar-refractivity contribution in [2.24, 2.45) is 5.10 Å². The molecule has 0 amide bonds. The number of carbonyl (C=O) groups is 1. The number of methoxy groups -OCH3 is 1. The third-order valence-corrected chi connectivity index (χ3v) is 3.74. The molecule has 0 bridgehead atoms. The third-order valence-electron chi connectivity index (χ3n) is 3.45. The Bertz CT molecular complexity index is 925. The molecular formula is C18H15N3O2S. The predicted molar refractivity (Wildman–Crippen MR) is 95.8 cm³/mol.